The van der Waals surface area contributed by atoms with Crippen LogP contribution < -0.4 is 0 Å². The van der Waals surface area contributed by atoms with Gasteiger partial charge in [0.1, 0.15) is 6.17 Å². The number of alkyl halides is 1. The molecule has 1 aliphatic carbocycles. The van der Waals surface area contributed by atoms with Gasteiger partial charge in [-0.15, -0.1) is 0 Å². The van der Waals surface area contributed by atoms with E-state index in [9.17, 15) is 24.2 Å². The number of carboxylic acid groups (broad SMARTS) is 2. The standard InChI is InChI=1S/C15H17FO4/c1-14(12(17)18)8-11(16)9-15(14,13(19)20)7-10-5-3-2-4-6-10/h2-6,11H,7-9H2,1H3,(H,17,18)(H,19,20)/t11-,14?,15?/m0/s1. The molecule has 2 unspecified atom stereocenters. The van der Waals surface area contributed by atoms with Gasteiger partial charge >= 0.3 is 11.9 Å². The van der Waals surface area contributed by atoms with Gasteiger partial charge in [-0.25, -0.2) is 4.39 Å². The lowest BCUT2D eigenvalue weighted by Gasteiger charge is -2.36. The van der Waals surface area contributed by atoms with E-state index in [1.54, 1.807) is 30.3 Å². The fourth-order valence-electron chi connectivity index (χ4n) is 3.22. The Bertz CT molecular complexity index is 530. The number of carbonyl (C=O) groups is 2. The van der Waals surface area contributed by atoms with Crippen molar-refractivity contribution in [2.24, 2.45) is 10.8 Å². The van der Waals surface area contributed by atoms with Crippen molar-refractivity contribution in [1.82, 2.24) is 0 Å². The minimum Gasteiger partial charge on any atom is -0.481 e. The van der Waals surface area contributed by atoms with Gasteiger partial charge in [0.05, 0.1) is 10.8 Å². The van der Waals surface area contributed by atoms with Gasteiger partial charge in [0, 0.05) is 0 Å². The average Bonchev–Trinajstić information content (AvgIpc) is 2.64. The minimum atomic E-state index is -1.61. The molecule has 1 aromatic carbocycles. The van der Waals surface area contributed by atoms with Crippen LogP contribution in [0.3, 0.4) is 0 Å². The van der Waals surface area contributed by atoms with Gasteiger partial charge < -0.3 is 10.2 Å². The fourth-order valence-corrected chi connectivity index (χ4v) is 3.22. The summed E-state index contributed by atoms with van der Waals surface area (Å²) in [6.07, 6.45) is -1.91. The quantitative estimate of drug-likeness (QED) is 0.888. The highest BCUT2D eigenvalue weighted by molar-refractivity contribution is 5.87. The highest BCUT2D eigenvalue weighted by Crippen LogP contribution is 2.56. The van der Waals surface area contributed by atoms with Crippen LogP contribution in [-0.4, -0.2) is 28.3 Å². The van der Waals surface area contributed by atoms with Crippen molar-refractivity contribution in [2.75, 3.05) is 0 Å². The van der Waals surface area contributed by atoms with Gasteiger partial charge in [-0.05, 0) is 31.7 Å². The molecule has 3 atom stereocenters. The molecule has 1 saturated carbocycles. The molecule has 2 N–H and O–H groups in total. The summed E-state index contributed by atoms with van der Waals surface area (Å²) in [6.45, 7) is 1.34. The molecule has 4 nitrogen and oxygen atoms in total. The largest absolute Gasteiger partial charge is 0.481 e. The Labute approximate surface area is 116 Å². The molecule has 1 aliphatic rings. The molecule has 20 heavy (non-hydrogen) atoms. The predicted octanol–water partition coefficient (Wildman–Crippen LogP) is 2.52. The summed E-state index contributed by atoms with van der Waals surface area (Å²) >= 11 is 0. The van der Waals surface area contributed by atoms with Gasteiger partial charge in [-0.2, -0.15) is 0 Å². The first kappa shape index (κ1) is 14.5. The summed E-state index contributed by atoms with van der Waals surface area (Å²) in [4.78, 5) is 23.3. The maximum absolute atomic E-state index is 13.8. The first-order chi connectivity index (χ1) is 9.32. The van der Waals surface area contributed by atoms with Crippen LogP contribution in [-0.2, 0) is 16.0 Å². The number of rotatable bonds is 4. The third kappa shape index (κ3) is 2.07. The van der Waals surface area contributed by atoms with Crippen LogP contribution in [0, 0.1) is 10.8 Å². The number of hydrogen-bond donors (Lipinski definition) is 2. The Balaban J connectivity index is 2.48. The number of halogens is 1. The van der Waals surface area contributed by atoms with E-state index in [0.717, 1.165) is 0 Å². The van der Waals surface area contributed by atoms with E-state index in [-0.39, 0.29) is 19.3 Å². The topological polar surface area (TPSA) is 74.6 Å². The van der Waals surface area contributed by atoms with Crippen molar-refractivity contribution in [3.05, 3.63) is 35.9 Å². The van der Waals surface area contributed by atoms with Crippen LogP contribution in [0.15, 0.2) is 30.3 Å². The summed E-state index contributed by atoms with van der Waals surface area (Å²) in [5, 5.41) is 19.0. The second kappa shape index (κ2) is 4.89. The van der Waals surface area contributed by atoms with Crippen LogP contribution in [0.2, 0.25) is 0 Å². The molecule has 5 heteroatoms. The van der Waals surface area contributed by atoms with Crippen LogP contribution in [0.5, 0.6) is 0 Å². The summed E-state index contributed by atoms with van der Waals surface area (Å²) in [5.41, 5.74) is -2.51. The molecular formula is C15H17FO4. The fraction of sp³-hybridized carbons (Fsp3) is 0.467. The zero-order valence-electron chi connectivity index (χ0n) is 11.2. The zero-order valence-corrected chi connectivity index (χ0v) is 11.2. The SMILES string of the molecule is CC1(C(=O)O)C[C@H](F)CC1(Cc1ccccc1)C(=O)O. The Morgan fingerprint density at radius 1 is 1.20 bits per heavy atom. The van der Waals surface area contributed by atoms with Crippen LogP contribution in [0.1, 0.15) is 25.3 Å². The molecule has 1 aromatic rings. The molecule has 0 bridgehead atoms. The Hall–Kier alpha value is -1.91. The second-order valence-corrected chi connectivity index (χ2v) is 5.69. The normalized spacial score (nSPS) is 33.0. The van der Waals surface area contributed by atoms with E-state index >= 15 is 0 Å². The van der Waals surface area contributed by atoms with Gasteiger partial charge in [-0.1, -0.05) is 30.3 Å². The number of carboxylic acids is 2. The van der Waals surface area contributed by atoms with Gasteiger partial charge in [0.15, 0.2) is 0 Å². The lowest BCUT2D eigenvalue weighted by Crippen LogP contribution is -2.48. The molecule has 0 radical (unpaired) electrons. The Morgan fingerprint density at radius 3 is 2.30 bits per heavy atom. The molecule has 2 rings (SSSR count). The molecule has 0 heterocycles. The average molecular weight is 280 g/mol. The van der Waals surface area contributed by atoms with E-state index in [0.29, 0.717) is 5.56 Å². The van der Waals surface area contributed by atoms with E-state index in [2.05, 4.69) is 0 Å². The Morgan fingerprint density at radius 2 is 1.80 bits per heavy atom. The third-order valence-electron chi connectivity index (χ3n) is 4.49. The number of aliphatic carboxylic acids is 2. The zero-order chi connectivity index (χ0) is 15.0. The Kier molecular flexibility index (Phi) is 3.54. The molecule has 0 aliphatic heterocycles. The predicted molar refractivity (Wildman–Crippen MR) is 70.1 cm³/mol. The van der Waals surface area contributed by atoms with Crippen molar-refractivity contribution in [2.45, 2.75) is 32.4 Å². The molecular weight excluding hydrogens is 263 g/mol. The smallest absolute Gasteiger partial charge is 0.311 e. The lowest BCUT2D eigenvalue weighted by atomic mass is 9.63. The maximum Gasteiger partial charge on any atom is 0.311 e. The minimum absolute atomic E-state index is 0.0202. The van der Waals surface area contributed by atoms with Crippen LogP contribution in [0.4, 0.5) is 4.39 Å². The highest BCUT2D eigenvalue weighted by Gasteiger charge is 2.64. The summed E-state index contributed by atoms with van der Waals surface area (Å²) < 4.78 is 13.8. The third-order valence-corrected chi connectivity index (χ3v) is 4.49. The van der Waals surface area contributed by atoms with E-state index in [1.807, 2.05) is 0 Å². The molecule has 1 fully saturated rings. The molecule has 0 amide bonds. The summed E-state index contributed by atoms with van der Waals surface area (Å²) in [5.74, 6) is -2.50. The highest BCUT2D eigenvalue weighted by atomic mass is 19.1. The molecule has 0 spiro atoms. The molecule has 0 saturated heterocycles. The van der Waals surface area contributed by atoms with Crippen LogP contribution >= 0.6 is 0 Å². The monoisotopic (exact) mass is 280 g/mol. The van der Waals surface area contributed by atoms with Gasteiger partial charge in [0.2, 0.25) is 0 Å². The van der Waals surface area contributed by atoms with Crippen molar-refractivity contribution in [3.8, 4) is 0 Å². The van der Waals surface area contributed by atoms with E-state index in [1.165, 1.54) is 6.92 Å². The second-order valence-electron chi connectivity index (χ2n) is 5.69. The van der Waals surface area contributed by atoms with E-state index in [4.69, 9.17) is 0 Å². The van der Waals surface area contributed by atoms with Crippen molar-refractivity contribution < 1.29 is 24.2 Å². The van der Waals surface area contributed by atoms with Crippen molar-refractivity contribution in [1.29, 1.82) is 0 Å². The maximum atomic E-state index is 13.8. The van der Waals surface area contributed by atoms with E-state index < -0.39 is 28.9 Å². The molecule has 108 valence electrons. The first-order valence-electron chi connectivity index (χ1n) is 6.47. The van der Waals surface area contributed by atoms with Crippen molar-refractivity contribution in [3.63, 3.8) is 0 Å². The van der Waals surface area contributed by atoms with Gasteiger partial charge in [0.25, 0.3) is 0 Å². The van der Waals surface area contributed by atoms with Crippen molar-refractivity contribution >= 4 is 11.9 Å². The lowest BCUT2D eigenvalue weighted by molar-refractivity contribution is -0.169. The van der Waals surface area contributed by atoms with Gasteiger partial charge in [-0.3, -0.25) is 9.59 Å². The molecule has 0 aromatic heterocycles. The first-order valence-corrected chi connectivity index (χ1v) is 6.47. The number of benzene rings is 1. The summed E-state index contributed by atoms with van der Waals surface area (Å²) in [7, 11) is 0. The van der Waals surface area contributed by atoms with Crippen LogP contribution in [0.25, 0.3) is 0 Å². The number of hydrogen-bond acceptors (Lipinski definition) is 2. The summed E-state index contributed by atoms with van der Waals surface area (Å²) in [6, 6.07) is 8.77.